The van der Waals surface area contributed by atoms with Crippen molar-refractivity contribution in [2.75, 3.05) is 5.32 Å². The molecule has 0 aliphatic rings. The van der Waals surface area contributed by atoms with E-state index in [2.05, 4.69) is 27.8 Å². The molecular weight excluding hydrogens is 280 g/mol. The minimum Gasteiger partial charge on any atom is -0.508 e. The predicted molar refractivity (Wildman–Crippen MR) is 87.7 cm³/mol. The normalized spacial score (nSPS) is 10.5. The first kappa shape index (κ1) is 13.6. The van der Waals surface area contributed by atoms with E-state index in [1.807, 2.05) is 37.3 Å². The van der Waals surface area contributed by atoms with Gasteiger partial charge in [0.25, 0.3) is 0 Å². The predicted octanol–water partition coefficient (Wildman–Crippen LogP) is 4.44. The van der Waals surface area contributed by atoms with Crippen LogP contribution in [0.15, 0.2) is 53.9 Å². The second kappa shape index (κ2) is 5.97. The summed E-state index contributed by atoms with van der Waals surface area (Å²) >= 11 is 1.65. The van der Waals surface area contributed by atoms with Crippen LogP contribution in [0.25, 0.3) is 11.3 Å². The third kappa shape index (κ3) is 3.23. The molecule has 3 aromatic rings. The van der Waals surface area contributed by atoms with Gasteiger partial charge in [-0.3, -0.25) is 0 Å². The van der Waals surface area contributed by atoms with Gasteiger partial charge in [-0.05, 0) is 30.7 Å². The van der Waals surface area contributed by atoms with Gasteiger partial charge in [0.2, 0.25) is 0 Å². The molecule has 0 amide bonds. The largest absolute Gasteiger partial charge is 0.508 e. The lowest BCUT2D eigenvalue weighted by Crippen LogP contribution is -1.99. The molecule has 3 nitrogen and oxygen atoms in total. The van der Waals surface area contributed by atoms with Gasteiger partial charge in [0.05, 0.1) is 12.2 Å². The maximum atomic E-state index is 9.52. The first-order chi connectivity index (χ1) is 10.2. The number of phenols is 1. The Kier molecular flexibility index (Phi) is 3.88. The van der Waals surface area contributed by atoms with Crippen LogP contribution in [-0.2, 0) is 6.54 Å². The van der Waals surface area contributed by atoms with Crippen molar-refractivity contribution in [2.45, 2.75) is 13.5 Å². The fraction of sp³-hybridized carbons (Fsp3) is 0.118. The van der Waals surface area contributed by atoms with E-state index in [1.165, 1.54) is 0 Å². The molecular formula is C17H16N2OS. The number of nitrogens with zero attached hydrogens (tertiary/aromatic N) is 1. The number of aromatic hydroxyl groups is 1. The Hall–Kier alpha value is -2.33. The summed E-state index contributed by atoms with van der Waals surface area (Å²) in [6, 6.07) is 15.7. The third-order valence-corrected chi connectivity index (χ3v) is 4.11. The minimum absolute atomic E-state index is 0.321. The van der Waals surface area contributed by atoms with Crippen LogP contribution in [0.1, 0.15) is 10.6 Å². The number of phenolic OH excluding ortho intramolecular Hbond substituents is 1. The Morgan fingerprint density at radius 2 is 1.95 bits per heavy atom. The van der Waals surface area contributed by atoms with E-state index in [4.69, 9.17) is 0 Å². The van der Waals surface area contributed by atoms with Crippen molar-refractivity contribution >= 4 is 17.0 Å². The first-order valence-electron chi connectivity index (χ1n) is 6.76. The molecule has 21 heavy (non-hydrogen) atoms. The molecule has 4 heteroatoms. The molecule has 0 aliphatic heterocycles. The van der Waals surface area contributed by atoms with Gasteiger partial charge >= 0.3 is 0 Å². The summed E-state index contributed by atoms with van der Waals surface area (Å²) in [7, 11) is 0. The van der Waals surface area contributed by atoms with Gasteiger partial charge in [0, 0.05) is 16.6 Å². The molecule has 0 fully saturated rings. The van der Waals surface area contributed by atoms with Crippen LogP contribution < -0.4 is 5.32 Å². The summed E-state index contributed by atoms with van der Waals surface area (Å²) < 4.78 is 0. The van der Waals surface area contributed by atoms with Crippen molar-refractivity contribution < 1.29 is 5.11 Å². The second-order valence-corrected chi connectivity index (χ2v) is 5.79. The number of benzene rings is 2. The Balaban J connectivity index is 1.69. The van der Waals surface area contributed by atoms with Crippen LogP contribution in [0.2, 0.25) is 0 Å². The smallest absolute Gasteiger partial charge is 0.118 e. The number of thiazole rings is 1. The number of aryl methyl sites for hydroxylation is 1. The van der Waals surface area contributed by atoms with E-state index >= 15 is 0 Å². The van der Waals surface area contributed by atoms with Crippen molar-refractivity contribution in [2.24, 2.45) is 0 Å². The van der Waals surface area contributed by atoms with Crippen molar-refractivity contribution in [3.63, 3.8) is 0 Å². The van der Waals surface area contributed by atoms with Gasteiger partial charge in [-0.1, -0.05) is 30.3 Å². The lowest BCUT2D eigenvalue weighted by molar-refractivity contribution is 0.471. The Labute approximate surface area is 127 Å². The van der Waals surface area contributed by atoms with Gasteiger partial charge in [0.1, 0.15) is 10.8 Å². The molecule has 0 bridgehead atoms. The molecule has 106 valence electrons. The first-order valence-corrected chi connectivity index (χ1v) is 7.63. The zero-order valence-electron chi connectivity index (χ0n) is 11.7. The summed E-state index contributed by atoms with van der Waals surface area (Å²) in [5.74, 6) is 0.321. The average Bonchev–Trinajstić information content (AvgIpc) is 2.98. The topological polar surface area (TPSA) is 45.2 Å². The van der Waals surface area contributed by atoms with Crippen LogP contribution in [0, 0.1) is 6.92 Å². The lowest BCUT2D eigenvalue weighted by Gasteiger charge is -2.06. The van der Waals surface area contributed by atoms with E-state index in [0.717, 1.165) is 27.5 Å². The van der Waals surface area contributed by atoms with Crippen LogP contribution >= 0.6 is 11.3 Å². The highest BCUT2D eigenvalue weighted by Crippen LogP contribution is 2.23. The molecule has 0 unspecified atom stereocenters. The number of hydrogen-bond donors (Lipinski definition) is 2. The molecule has 0 saturated carbocycles. The van der Waals surface area contributed by atoms with Crippen molar-refractivity contribution in [1.29, 1.82) is 0 Å². The van der Waals surface area contributed by atoms with E-state index in [9.17, 15) is 5.11 Å². The molecule has 3 rings (SSSR count). The van der Waals surface area contributed by atoms with E-state index in [1.54, 1.807) is 17.4 Å². The van der Waals surface area contributed by atoms with Crippen molar-refractivity contribution in [3.05, 3.63) is 64.5 Å². The second-order valence-electron chi connectivity index (χ2n) is 4.85. The maximum absolute atomic E-state index is 9.52. The molecule has 0 atom stereocenters. The number of nitrogens with one attached hydrogen (secondary N) is 1. The van der Waals surface area contributed by atoms with E-state index in [-0.39, 0.29) is 0 Å². The summed E-state index contributed by atoms with van der Waals surface area (Å²) in [4.78, 5) is 4.64. The van der Waals surface area contributed by atoms with Crippen molar-refractivity contribution in [1.82, 2.24) is 4.98 Å². The number of anilines is 1. The Morgan fingerprint density at radius 3 is 2.71 bits per heavy atom. The molecule has 0 saturated heterocycles. The minimum atomic E-state index is 0.321. The molecule has 0 spiro atoms. The van der Waals surface area contributed by atoms with Crippen LogP contribution in [0.3, 0.4) is 0 Å². The standard InChI is InChI=1S/C17H16N2OS/c1-12-9-14(7-8-16(12)20)18-10-17-19-15(11-21-17)13-5-3-2-4-6-13/h2-9,11,18,20H,10H2,1H3. The third-order valence-electron chi connectivity index (χ3n) is 3.26. The highest BCUT2D eigenvalue weighted by molar-refractivity contribution is 7.09. The zero-order chi connectivity index (χ0) is 14.7. The monoisotopic (exact) mass is 296 g/mol. The fourth-order valence-corrected chi connectivity index (χ4v) is 2.82. The van der Waals surface area contributed by atoms with Crippen molar-refractivity contribution in [3.8, 4) is 17.0 Å². The lowest BCUT2D eigenvalue weighted by atomic mass is 10.2. The summed E-state index contributed by atoms with van der Waals surface area (Å²) in [5, 5.41) is 16.0. The summed E-state index contributed by atoms with van der Waals surface area (Å²) in [5.41, 5.74) is 4.01. The molecule has 2 aromatic carbocycles. The van der Waals surface area contributed by atoms with Gasteiger partial charge in [0.15, 0.2) is 0 Å². The van der Waals surface area contributed by atoms with E-state index < -0.39 is 0 Å². The average molecular weight is 296 g/mol. The quantitative estimate of drug-likeness (QED) is 0.700. The molecule has 1 aromatic heterocycles. The van der Waals surface area contributed by atoms with Crippen LogP contribution in [-0.4, -0.2) is 10.1 Å². The summed E-state index contributed by atoms with van der Waals surface area (Å²) in [6.07, 6.45) is 0. The SMILES string of the molecule is Cc1cc(NCc2nc(-c3ccccc3)cs2)ccc1O. The number of hydrogen-bond acceptors (Lipinski definition) is 4. The van der Waals surface area contributed by atoms with Gasteiger partial charge in [-0.15, -0.1) is 11.3 Å². The maximum Gasteiger partial charge on any atom is 0.118 e. The van der Waals surface area contributed by atoms with Crippen LogP contribution in [0.4, 0.5) is 5.69 Å². The molecule has 2 N–H and O–H groups in total. The summed E-state index contributed by atoms with van der Waals surface area (Å²) in [6.45, 7) is 2.57. The van der Waals surface area contributed by atoms with Gasteiger partial charge < -0.3 is 10.4 Å². The highest BCUT2D eigenvalue weighted by Gasteiger charge is 2.04. The highest BCUT2D eigenvalue weighted by atomic mass is 32.1. The number of aromatic nitrogens is 1. The fourth-order valence-electron chi connectivity index (χ4n) is 2.08. The number of rotatable bonds is 4. The molecule has 1 heterocycles. The Bertz CT molecular complexity index is 738. The van der Waals surface area contributed by atoms with Gasteiger partial charge in [-0.2, -0.15) is 0 Å². The molecule has 0 radical (unpaired) electrons. The zero-order valence-corrected chi connectivity index (χ0v) is 12.5. The van der Waals surface area contributed by atoms with Gasteiger partial charge in [-0.25, -0.2) is 4.98 Å². The molecule has 0 aliphatic carbocycles. The Morgan fingerprint density at radius 1 is 1.14 bits per heavy atom. The van der Waals surface area contributed by atoms with E-state index in [0.29, 0.717) is 12.3 Å². The van der Waals surface area contributed by atoms with Crippen LogP contribution in [0.5, 0.6) is 5.75 Å².